The van der Waals surface area contributed by atoms with E-state index in [2.05, 4.69) is 5.16 Å². The largest absolute Gasteiger partial charge is 0.471 e. The summed E-state index contributed by atoms with van der Waals surface area (Å²) in [5.74, 6) is -0.540. The molecule has 0 spiro atoms. The number of hydrogen-bond donors (Lipinski definition) is 1. The van der Waals surface area contributed by atoms with Gasteiger partial charge < -0.3 is 28.6 Å². The van der Waals surface area contributed by atoms with Crippen LogP contribution in [0.2, 0.25) is 0 Å². The van der Waals surface area contributed by atoms with Gasteiger partial charge in [-0.05, 0) is 47.5 Å². The number of anilines is 1. The van der Waals surface area contributed by atoms with Crippen LogP contribution in [0.4, 0.5) is 14.9 Å². The highest BCUT2D eigenvalue weighted by molar-refractivity contribution is 5.90. The Balaban J connectivity index is 1.19. The average Bonchev–Trinajstić information content (AvgIpc) is 3.65. The molecule has 0 radical (unpaired) electrons. The third kappa shape index (κ3) is 5.10. The molecule has 36 heavy (non-hydrogen) atoms. The highest BCUT2D eigenvalue weighted by atomic mass is 19.1. The predicted octanol–water partition coefficient (Wildman–Crippen LogP) is 2.70. The number of amides is 2. The second-order valence-electron chi connectivity index (χ2n) is 8.59. The van der Waals surface area contributed by atoms with Crippen molar-refractivity contribution in [3.8, 4) is 5.88 Å². The molecule has 188 valence electrons. The Labute approximate surface area is 206 Å². The number of benzene rings is 1. The molecule has 1 fully saturated rings. The fourth-order valence-electron chi connectivity index (χ4n) is 4.30. The van der Waals surface area contributed by atoms with E-state index in [0.717, 1.165) is 5.57 Å². The van der Waals surface area contributed by atoms with Gasteiger partial charge in [0.25, 0.3) is 11.8 Å². The van der Waals surface area contributed by atoms with E-state index in [1.165, 1.54) is 17.2 Å². The van der Waals surface area contributed by atoms with Gasteiger partial charge >= 0.3 is 6.09 Å². The van der Waals surface area contributed by atoms with Crippen LogP contribution in [-0.2, 0) is 16.1 Å². The van der Waals surface area contributed by atoms with Crippen molar-refractivity contribution in [3.05, 3.63) is 72.5 Å². The number of cyclic esters (lactones) is 1. The summed E-state index contributed by atoms with van der Waals surface area (Å²) in [6, 6.07) is 9.79. The molecule has 5 rings (SSSR count). The molecule has 1 unspecified atom stereocenters. The molecule has 2 amide bonds. The SMILES string of the molecule is O=C(C(O)Cn1cccc1)N1CC=C(c2ccc(N3C[C@H](COc4ccon4)OC3=O)cc2F)CC1. The summed E-state index contributed by atoms with van der Waals surface area (Å²) in [5, 5.41) is 13.9. The summed E-state index contributed by atoms with van der Waals surface area (Å²) >= 11 is 0. The zero-order valence-corrected chi connectivity index (χ0v) is 19.3. The lowest BCUT2D eigenvalue weighted by atomic mass is 9.98. The van der Waals surface area contributed by atoms with Crippen molar-refractivity contribution in [1.29, 1.82) is 0 Å². The van der Waals surface area contributed by atoms with Gasteiger partial charge in [-0.1, -0.05) is 6.08 Å². The van der Waals surface area contributed by atoms with Crippen molar-refractivity contribution in [2.24, 2.45) is 0 Å². The minimum Gasteiger partial charge on any atom is -0.471 e. The summed E-state index contributed by atoms with van der Waals surface area (Å²) in [5.41, 5.74) is 1.56. The summed E-state index contributed by atoms with van der Waals surface area (Å²) in [6.45, 7) is 1.14. The van der Waals surface area contributed by atoms with Crippen LogP contribution in [0.15, 0.2) is 65.7 Å². The van der Waals surface area contributed by atoms with Crippen molar-refractivity contribution < 1.29 is 33.1 Å². The fraction of sp³-hybridized carbons (Fsp3) is 0.320. The zero-order valence-electron chi connectivity index (χ0n) is 19.3. The molecule has 4 heterocycles. The summed E-state index contributed by atoms with van der Waals surface area (Å²) in [7, 11) is 0. The Hall–Kier alpha value is -4.12. The lowest BCUT2D eigenvalue weighted by Crippen LogP contribution is -2.43. The summed E-state index contributed by atoms with van der Waals surface area (Å²) < 4.78 is 32.2. The number of aliphatic hydroxyl groups is 1. The van der Waals surface area contributed by atoms with Crippen LogP contribution in [0.3, 0.4) is 0 Å². The Bertz CT molecular complexity index is 1240. The lowest BCUT2D eigenvalue weighted by Gasteiger charge is -2.29. The fourth-order valence-corrected chi connectivity index (χ4v) is 4.30. The Morgan fingerprint density at radius 2 is 2.11 bits per heavy atom. The highest BCUT2D eigenvalue weighted by Gasteiger charge is 2.33. The molecule has 0 aliphatic carbocycles. The third-order valence-electron chi connectivity index (χ3n) is 6.17. The van der Waals surface area contributed by atoms with Gasteiger partial charge in [-0.2, -0.15) is 0 Å². The molecule has 1 N–H and O–H groups in total. The van der Waals surface area contributed by atoms with E-state index < -0.39 is 24.1 Å². The van der Waals surface area contributed by atoms with Crippen LogP contribution in [0.25, 0.3) is 5.57 Å². The van der Waals surface area contributed by atoms with Crippen molar-refractivity contribution >= 4 is 23.3 Å². The molecule has 2 atom stereocenters. The van der Waals surface area contributed by atoms with Crippen LogP contribution in [0.5, 0.6) is 5.88 Å². The number of halogens is 1. The summed E-state index contributed by atoms with van der Waals surface area (Å²) in [4.78, 5) is 27.8. The average molecular weight is 496 g/mol. The van der Waals surface area contributed by atoms with Crippen molar-refractivity contribution in [2.75, 3.05) is 31.1 Å². The molecule has 3 aromatic rings. The van der Waals surface area contributed by atoms with Crippen LogP contribution in [0.1, 0.15) is 12.0 Å². The van der Waals surface area contributed by atoms with E-state index in [4.69, 9.17) is 14.0 Å². The molecular formula is C25H25FN4O6. The molecule has 1 saturated heterocycles. The second-order valence-corrected chi connectivity index (χ2v) is 8.59. The van der Waals surface area contributed by atoms with Gasteiger partial charge in [0.05, 0.1) is 18.8 Å². The van der Waals surface area contributed by atoms with Gasteiger partial charge in [-0.3, -0.25) is 9.69 Å². The zero-order chi connectivity index (χ0) is 25.1. The van der Waals surface area contributed by atoms with Gasteiger partial charge in [0, 0.05) is 37.1 Å². The Kier molecular flexibility index (Phi) is 6.72. The molecule has 2 aliphatic rings. The Morgan fingerprint density at radius 1 is 1.28 bits per heavy atom. The normalized spacial score (nSPS) is 18.7. The molecule has 1 aromatic carbocycles. The first-order valence-electron chi connectivity index (χ1n) is 11.6. The topological polar surface area (TPSA) is 110 Å². The quantitative estimate of drug-likeness (QED) is 0.511. The van der Waals surface area contributed by atoms with Crippen LogP contribution in [-0.4, -0.2) is 70.2 Å². The van der Waals surface area contributed by atoms with Gasteiger partial charge in [-0.25, -0.2) is 9.18 Å². The highest BCUT2D eigenvalue weighted by Crippen LogP contribution is 2.30. The van der Waals surface area contributed by atoms with E-state index in [-0.39, 0.29) is 38.0 Å². The van der Waals surface area contributed by atoms with E-state index in [0.29, 0.717) is 24.2 Å². The molecule has 10 nitrogen and oxygen atoms in total. The maximum Gasteiger partial charge on any atom is 0.414 e. The van der Waals surface area contributed by atoms with E-state index >= 15 is 4.39 Å². The number of nitrogens with zero attached hydrogens (tertiary/aromatic N) is 4. The maximum absolute atomic E-state index is 15.1. The molecule has 0 bridgehead atoms. The first-order chi connectivity index (χ1) is 17.5. The van der Waals surface area contributed by atoms with Gasteiger partial charge in [0.1, 0.15) is 18.7 Å². The van der Waals surface area contributed by atoms with E-state index in [1.54, 1.807) is 46.1 Å². The molecule has 2 aliphatic heterocycles. The molecule has 0 saturated carbocycles. The lowest BCUT2D eigenvalue weighted by molar-refractivity contribution is -0.140. The van der Waals surface area contributed by atoms with Crippen molar-refractivity contribution in [3.63, 3.8) is 0 Å². The minimum absolute atomic E-state index is 0.0948. The maximum atomic E-state index is 15.1. The second kappa shape index (κ2) is 10.2. The van der Waals surface area contributed by atoms with E-state index in [1.807, 2.05) is 12.1 Å². The number of rotatable bonds is 8. The number of aliphatic hydroxyl groups excluding tert-OH is 1. The number of aromatic nitrogens is 2. The molecule has 11 heteroatoms. The standard InChI is InChI=1S/C25H25FN4O6/c26-21-13-18(30-14-19(36-25(30)33)16-34-23-7-12-35-27-23)3-4-20(21)17-5-10-29(11-6-17)24(32)22(31)15-28-8-1-2-9-28/h1-5,7-9,12-13,19,22,31H,6,10-11,14-16H2/t19-,22?/m1/s1. The van der Waals surface area contributed by atoms with Gasteiger partial charge in [0.2, 0.25) is 0 Å². The number of hydrogen-bond acceptors (Lipinski definition) is 7. The minimum atomic E-state index is -1.14. The third-order valence-corrected chi connectivity index (χ3v) is 6.17. The molecular weight excluding hydrogens is 471 g/mol. The van der Waals surface area contributed by atoms with Crippen LogP contribution < -0.4 is 9.64 Å². The number of carbonyl (C=O) groups excluding carboxylic acids is 2. The first kappa shape index (κ1) is 23.6. The first-order valence-corrected chi connectivity index (χ1v) is 11.6. The van der Waals surface area contributed by atoms with Gasteiger partial charge in [0.15, 0.2) is 12.2 Å². The van der Waals surface area contributed by atoms with Crippen LogP contribution in [0, 0.1) is 5.82 Å². The van der Waals surface area contributed by atoms with Gasteiger partial charge in [-0.15, -0.1) is 0 Å². The van der Waals surface area contributed by atoms with Crippen molar-refractivity contribution in [1.82, 2.24) is 14.6 Å². The smallest absolute Gasteiger partial charge is 0.414 e. The van der Waals surface area contributed by atoms with E-state index in [9.17, 15) is 14.7 Å². The summed E-state index contributed by atoms with van der Waals surface area (Å²) in [6.07, 6.45) is 4.92. The van der Waals surface area contributed by atoms with Crippen LogP contribution >= 0.6 is 0 Å². The number of ether oxygens (including phenoxy) is 2. The van der Waals surface area contributed by atoms with Crippen molar-refractivity contribution in [2.45, 2.75) is 25.2 Å². The number of carbonyl (C=O) groups is 2. The molecule has 2 aromatic heterocycles. The Morgan fingerprint density at radius 3 is 2.81 bits per heavy atom. The predicted molar refractivity (Wildman–Crippen MR) is 126 cm³/mol. The monoisotopic (exact) mass is 496 g/mol.